The van der Waals surface area contributed by atoms with Gasteiger partial charge in [0.2, 0.25) is 0 Å². The van der Waals surface area contributed by atoms with E-state index in [4.69, 9.17) is 10.6 Å². The summed E-state index contributed by atoms with van der Waals surface area (Å²) in [4.78, 5) is 0. The van der Waals surface area contributed by atoms with Crippen LogP contribution < -0.4 is 11.3 Å². The summed E-state index contributed by atoms with van der Waals surface area (Å²) in [6, 6.07) is 2.37. The van der Waals surface area contributed by atoms with Gasteiger partial charge in [-0.3, -0.25) is 16.0 Å². The molecule has 1 atom stereocenters. The minimum absolute atomic E-state index is 0.236. The Hall–Kier alpha value is -0.910. The lowest BCUT2D eigenvalue weighted by atomic mass is 10.1. The maximum Gasteiger partial charge on any atom is 0.0624 e. The molecule has 16 heavy (non-hydrogen) atoms. The molecular formula is C11H22N4O. The molecule has 92 valence electrons. The van der Waals surface area contributed by atoms with Crippen LogP contribution in [0.2, 0.25) is 0 Å². The van der Waals surface area contributed by atoms with E-state index in [1.54, 1.807) is 7.11 Å². The fourth-order valence-corrected chi connectivity index (χ4v) is 1.69. The Labute approximate surface area is 96.9 Å². The van der Waals surface area contributed by atoms with Crippen LogP contribution in [0.25, 0.3) is 0 Å². The third kappa shape index (κ3) is 3.59. The number of ether oxygens (including phenoxy) is 1. The van der Waals surface area contributed by atoms with Crippen molar-refractivity contribution in [2.75, 3.05) is 13.7 Å². The fraction of sp³-hybridized carbons (Fsp3) is 0.727. The molecule has 0 spiro atoms. The number of hydrogen-bond donors (Lipinski definition) is 2. The molecule has 5 heteroatoms. The monoisotopic (exact) mass is 226 g/mol. The van der Waals surface area contributed by atoms with Crippen LogP contribution in [0.3, 0.4) is 0 Å². The summed E-state index contributed by atoms with van der Waals surface area (Å²) in [5, 5.41) is 4.41. The first kappa shape index (κ1) is 13.2. The molecule has 1 aromatic rings. The van der Waals surface area contributed by atoms with Crippen molar-refractivity contribution in [3.63, 3.8) is 0 Å². The molecule has 0 saturated heterocycles. The molecule has 0 saturated carbocycles. The topological polar surface area (TPSA) is 65.1 Å². The van der Waals surface area contributed by atoms with Gasteiger partial charge in [-0.25, -0.2) is 0 Å². The van der Waals surface area contributed by atoms with E-state index >= 15 is 0 Å². The maximum atomic E-state index is 5.52. The Morgan fingerprint density at radius 3 is 2.88 bits per heavy atom. The summed E-state index contributed by atoms with van der Waals surface area (Å²) in [5.41, 5.74) is 5.15. The summed E-state index contributed by atoms with van der Waals surface area (Å²) in [6.07, 6.45) is 2.75. The molecule has 0 aromatic carbocycles. The van der Waals surface area contributed by atoms with E-state index in [9.17, 15) is 0 Å². The smallest absolute Gasteiger partial charge is 0.0624 e. The molecule has 0 aliphatic rings. The van der Waals surface area contributed by atoms with Crippen LogP contribution in [0.1, 0.15) is 24.7 Å². The van der Waals surface area contributed by atoms with Gasteiger partial charge in [0.1, 0.15) is 0 Å². The molecule has 0 aliphatic heterocycles. The van der Waals surface area contributed by atoms with Crippen molar-refractivity contribution in [2.45, 2.75) is 32.2 Å². The van der Waals surface area contributed by atoms with Crippen molar-refractivity contribution in [3.05, 3.63) is 17.5 Å². The van der Waals surface area contributed by atoms with Gasteiger partial charge in [0, 0.05) is 38.9 Å². The average molecular weight is 226 g/mol. The zero-order valence-electron chi connectivity index (χ0n) is 10.4. The summed E-state index contributed by atoms with van der Waals surface area (Å²) in [6.45, 7) is 2.82. The Morgan fingerprint density at radius 1 is 1.62 bits per heavy atom. The second-order valence-electron chi connectivity index (χ2n) is 3.95. The highest BCUT2D eigenvalue weighted by molar-refractivity contribution is 5.11. The minimum Gasteiger partial charge on any atom is -0.385 e. The van der Waals surface area contributed by atoms with Crippen LogP contribution in [0, 0.1) is 0 Å². The van der Waals surface area contributed by atoms with Crippen LogP contribution in [-0.4, -0.2) is 29.5 Å². The van der Waals surface area contributed by atoms with Gasteiger partial charge in [-0.15, -0.1) is 0 Å². The summed E-state index contributed by atoms with van der Waals surface area (Å²) >= 11 is 0. The van der Waals surface area contributed by atoms with E-state index in [1.807, 2.05) is 11.7 Å². The van der Waals surface area contributed by atoms with E-state index in [0.29, 0.717) is 6.61 Å². The first-order valence-electron chi connectivity index (χ1n) is 5.68. The number of hydrogen-bond acceptors (Lipinski definition) is 4. The molecule has 3 N–H and O–H groups in total. The number of aryl methyl sites for hydroxylation is 2. The molecule has 1 rings (SSSR count). The van der Waals surface area contributed by atoms with Crippen molar-refractivity contribution in [1.29, 1.82) is 0 Å². The van der Waals surface area contributed by atoms with Crippen molar-refractivity contribution < 1.29 is 4.74 Å². The van der Waals surface area contributed by atoms with Crippen molar-refractivity contribution in [3.8, 4) is 0 Å². The van der Waals surface area contributed by atoms with Crippen molar-refractivity contribution in [2.24, 2.45) is 12.9 Å². The van der Waals surface area contributed by atoms with Gasteiger partial charge in [0.25, 0.3) is 0 Å². The number of nitrogens with zero attached hydrogens (tertiary/aromatic N) is 2. The van der Waals surface area contributed by atoms with E-state index in [-0.39, 0.29) is 6.04 Å². The molecule has 0 amide bonds. The third-order valence-electron chi connectivity index (χ3n) is 2.75. The van der Waals surface area contributed by atoms with Gasteiger partial charge in [-0.2, -0.15) is 5.10 Å². The number of aromatic nitrogens is 2. The van der Waals surface area contributed by atoms with Gasteiger partial charge in [-0.1, -0.05) is 6.92 Å². The number of methoxy groups -OCH3 is 1. The molecule has 5 nitrogen and oxygen atoms in total. The highest BCUT2D eigenvalue weighted by Gasteiger charge is 2.11. The summed E-state index contributed by atoms with van der Waals surface area (Å²) < 4.78 is 6.98. The summed E-state index contributed by atoms with van der Waals surface area (Å²) in [7, 11) is 3.67. The van der Waals surface area contributed by atoms with Crippen LogP contribution in [-0.2, 0) is 24.6 Å². The SMILES string of the molecule is CCc1cc(CC(CCOC)NN)n(C)n1. The molecule has 0 aliphatic carbocycles. The predicted molar refractivity (Wildman–Crippen MR) is 63.9 cm³/mol. The van der Waals surface area contributed by atoms with E-state index in [2.05, 4.69) is 23.5 Å². The molecule has 0 bridgehead atoms. The number of hydrazine groups is 1. The van der Waals surface area contributed by atoms with E-state index in [1.165, 1.54) is 5.69 Å². The molecule has 0 radical (unpaired) electrons. The largest absolute Gasteiger partial charge is 0.385 e. The van der Waals surface area contributed by atoms with Gasteiger partial charge in [-0.05, 0) is 18.9 Å². The predicted octanol–water partition coefficient (Wildman–Crippen LogP) is 0.393. The number of nitrogens with one attached hydrogen (secondary N) is 1. The molecule has 1 unspecified atom stereocenters. The van der Waals surface area contributed by atoms with Gasteiger partial charge in [0.05, 0.1) is 5.69 Å². The zero-order valence-corrected chi connectivity index (χ0v) is 10.4. The highest BCUT2D eigenvalue weighted by Crippen LogP contribution is 2.08. The van der Waals surface area contributed by atoms with E-state index in [0.717, 1.165) is 25.0 Å². The highest BCUT2D eigenvalue weighted by atomic mass is 16.5. The van der Waals surface area contributed by atoms with Crippen molar-refractivity contribution in [1.82, 2.24) is 15.2 Å². The Kier molecular flexibility index (Phi) is 5.45. The van der Waals surface area contributed by atoms with Crippen molar-refractivity contribution >= 4 is 0 Å². The van der Waals surface area contributed by atoms with Crippen LogP contribution in [0.15, 0.2) is 6.07 Å². The number of nitrogens with two attached hydrogens (primary N) is 1. The lowest BCUT2D eigenvalue weighted by Gasteiger charge is -2.15. The molecule has 1 aromatic heterocycles. The van der Waals surface area contributed by atoms with Gasteiger partial charge in [0.15, 0.2) is 0 Å². The second kappa shape index (κ2) is 6.62. The van der Waals surface area contributed by atoms with E-state index < -0.39 is 0 Å². The summed E-state index contributed by atoms with van der Waals surface area (Å²) in [5.74, 6) is 5.52. The minimum atomic E-state index is 0.236. The molecule has 1 heterocycles. The van der Waals surface area contributed by atoms with Gasteiger partial charge >= 0.3 is 0 Å². The quantitative estimate of drug-likeness (QED) is 0.521. The van der Waals surface area contributed by atoms with Crippen LogP contribution in [0.5, 0.6) is 0 Å². The second-order valence-corrected chi connectivity index (χ2v) is 3.95. The standard InChI is InChI=1S/C11H22N4O/c1-4-9-7-11(15(2)14-9)8-10(13-12)5-6-16-3/h7,10,13H,4-6,8,12H2,1-3H3. The first-order valence-corrected chi connectivity index (χ1v) is 5.68. The van der Waals surface area contributed by atoms with Crippen LogP contribution in [0.4, 0.5) is 0 Å². The Bertz CT molecular complexity index is 311. The Morgan fingerprint density at radius 2 is 2.38 bits per heavy atom. The molecule has 0 fully saturated rings. The first-order chi connectivity index (χ1) is 7.71. The number of rotatable bonds is 7. The third-order valence-corrected chi connectivity index (χ3v) is 2.75. The zero-order chi connectivity index (χ0) is 12.0. The average Bonchev–Trinajstić information content (AvgIpc) is 2.65. The maximum absolute atomic E-state index is 5.52. The lowest BCUT2D eigenvalue weighted by Crippen LogP contribution is -2.38. The normalized spacial score (nSPS) is 13.0. The lowest BCUT2D eigenvalue weighted by molar-refractivity contribution is 0.182. The van der Waals surface area contributed by atoms with Crippen LogP contribution >= 0.6 is 0 Å². The Balaban J connectivity index is 2.58. The molecular weight excluding hydrogens is 204 g/mol. The van der Waals surface area contributed by atoms with Gasteiger partial charge < -0.3 is 4.74 Å². The fourth-order valence-electron chi connectivity index (χ4n) is 1.69.